The highest BCUT2D eigenvalue weighted by molar-refractivity contribution is 6.19. The standard InChI is InChI=1S/C26H18O4/c27-22-16-20-19-13-7-8-14-23(19)30-25(29)26(20,24(28)18-11-5-2-6-12-18)21(22)15-17-9-3-1-4-10-17/h1-16,20,27H/p-1/b21-15-/t20-,26+/m1/s1. The lowest BCUT2D eigenvalue weighted by molar-refractivity contribution is -0.297. The molecule has 1 aliphatic heterocycles. The molecule has 1 heterocycles. The highest BCUT2D eigenvalue weighted by Gasteiger charge is 2.61. The first-order valence-corrected chi connectivity index (χ1v) is 9.70. The molecule has 3 aromatic carbocycles. The summed E-state index contributed by atoms with van der Waals surface area (Å²) in [5.41, 5.74) is 0.156. The number of para-hydroxylation sites is 1. The van der Waals surface area contributed by atoms with Crippen molar-refractivity contribution in [2.45, 2.75) is 5.92 Å². The Labute approximate surface area is 173 Å². The van der Waals surface area contributed by atoms with Gasteiger partial charge in [0.1, 0.15) is 5.75 Å². The van der Waals surface area contributed by atoms with Crippen LogP contribution in [-0.2, 0) is 4.79 Å². The van der Waals surface area contributed by atoms with Gasteiger partial charge in [0, 0.05) is 17.0 Å². The third-order valence-electron chi connectivity index (χ3n) is 5.76. The molecule has 2 aliphatic rings. The van der Waals surface area contributed by atoms with Gasteiger partial charge in [-0.15, -0.1) is 5.76 Å². The van der Waals surface area contributed by atoms with Crippen LogP contribution in [0, 0.1) is 5.41 Å². The van der Waals surface area contributed by atoms with Gasteiger partial charge in [0.25, 0.3) is 0 Å². The number of fused-ring (bicyclic) bond motifs is 3. The molecule has 0 spiro atoms. The lowest BCUT2D eigenvalue weighted by Gasteiger charge is -2.38. The first kappa shape index (κ1) is 18.1. The lowest BCUT2D eigenvalue weighted by atomic mass is 9.65. The Morgan fingerprint density at radius 2 is 1.53 bits per heavy atom. The zero-order valence-electron chi connectivity index (χ0n) is 15.9. The summed E-state index contributed by atoms with van der Waals surface area (Å²) in [4.78, 5) is 27.3. The maximum absolute atomic E-state index is 13.9. The number of Topliss-reactive ketones (excluding diaryl/α,β-unsaturated/α-hetero) is 1. The van der Waals surface area contributed by atoms with Crippen LogP contribution in [0.15, 0.2) is 102 Å². The lowest BCUT2D eigenvalue weighted by Crippen LogP contribution is -2.49. The van der Waals surface area contributed by atoms with Crippen LogP contribution < -0.4 is 9.84 Å². The van der Waals surface area contributed by atoms with E-state index < -0.39 is 23.1 Å². The molecule has 1 aliphatic carbocycles. The summed E-state index contributed by atoms with van der Waals surface area (Å²) >= 11 is 0. The van der Waals surface area contributed by atoms with Crippen molar-refractivity contribution < 1.29 is 19.4 Å². The maximum Gasteiger partial charge on any atom is 0.330 e. The first-order valence-electron chi connectivity index (χ1n) is 9.70. The van der Waals surface area contributed by atoms with E-state index in [1.807, 2.05) is 36.4 Å². The van der Waals surface area contributed by atoms with E-state index in [0.29, 0.717) is 16.9 Å². The van der Waals surface area contributed by atoms with Gasteiger partial charge in [0.2, 0.25) is 0 Å². The molecule has 5 rings (SSSR count). The third kappa shape index (κ3) is 2.54. The van der Waals surface area contributed by atoms with Crippen molar-refractivity contribution in [3.05, 3.63) is 119 Å². The number of benzene rings is 3. The fourth-order valence-corrected chi connectivity index (χ4v) is 4.37. The predicted octanol–water partition coefficient (Wildman–Crippen LogP) is 3.90. The van der Waals surface area contributed by atoms with Crippen molar-refractivity contribution in [1.82, 2.24) is 0 Å². The van der Waals surface area contributed by atoms with Crippen molar-refractivity contribution in [3.63, 3.8) is 0 Å². The summed E-state index contributed by atoms with van der Waals surface area (Å²) in [6.07, 6.45) is 3.11. The van der Waals surface area contributed by atoms with Gasteiger partial charge in [0.15, 0.2) is 11.2 Å². The van der Waals surface area contributed by atoms with Crippen molar-refractivity contribution >= 4 is 17.8 Å². The second kappa shape index (κ2) is 6.85. The third-order valence-corrected chi connectivity index (χ3v) is 5.76. The summed E-state index contributed by atoms with van der Waals surface area (Å²) < 4.78 is 5.64. The fourth-order valence-electron chi connectivity index (χ4n) is 4.37. The molecule has 4 heteroatoms. The van der Waals surface area contributed by atoms with Crippen LogP contribution in [0.3, 0.4) is 0 Å². The van der Waals surface area contributed by atoms with E-state index in [2.05, 4.69) is 0 Å². The summed E-state index contributed by atoms with van der Waals surface area (Å²) in [5.74, 6) is -1.82. The van der Waals surface area contributed by atoms with Gasteiger partial charge in [-0.2, -0.15) is 0 Å². The van der Waals surface area contributed by atoms with Gasteiger partial charge in [-0.05, 0) is 17.2 Å². The molecule has 0 radical (unpaired) electrons. The maximum atomic E-state index is 13.9. The number of carbonyl (C=O) groups is 2. The van der Waals surface area contributed by atoms with Crippen LogP contribution in [0.2, 0.25) is 0 Å². The van der Waals surface area contributed by atoms with E-state index in [1.54, 1.807) is 54.6 Å². The molecule has 0 bridgehead atoms. The number of allylic oxidation sites excluding steroid dienone is 2. The van der Waals surface area contributed by atoms with Gasteiger partial charge < -0.3 is 9.84 Å². The molecule has 0 aromatic heterocycles. The molecule has 0 unspecified atom stereocenters. The summed E-state index contributed by atoms with van der Waals surface area (Å²) in [6, 6.07) is 24.8. The predicted molar refractivity (Wildman–Crippen MR) is 111 cm³/mol. The first-order chi connectivity index (χ1) is 14.6. The van der Waals surface area contributed by atoms with Gasteiger partial charge >= 0.3 is 5.97 Å². The van der Waals surface area contributed by atoms with E-state index in [0.717, 1.165) is 5.56 Å². The SMILES string of the molecule is O=C1Oc2ccccc2[C@H]2C=C([O-])/C(=C/c3ccccc3)[C@@]12C(=O)c1ccccc1. The van der Waals surface area contributed by atoms with E-state index >= 15 is 0 Å². The number of hydrogen-bond donors (Lipinski definition) is 0. The minimum absolute atomic E-state index is 0.145. The number of ketones is 1. The van der Waals surface area contributed by atoms with Crippen LogP contribution in [0.25, 0.3) is 6.08 Å². The number of rotatable bonds is 3. The largest absolute Gasteiger partial charge is 0.872 e. The van der Waals surface area contributed by atoms with E-state index in [4.69, 9.17) is 4.74 Å². The molecule has 146 valence electrons. The molecule has 0 fully saturated rings. The Morgan fingerprint density at radius 1 is 0.900 bits per heavy atom. The Hall–Kier alpha value is -3.92. The molecule has 4 nitrogen and oxygen atoms in total. The zero-order valence-corrected chi connectivity index (χ0v) is 15.9. The van der Waals surface area contributed by atoms with Crippen molar-refractivity contribution in [2.75, 3.05) is 0 Å². The van der Waals surface area contributed by atoms with Crippen LogP contribution in [0.5, 0.6) is 5.75 Å². The minimum atomic E-state index is -1.75. The number of ether oxygens (including phenoxy) is 1. The summed E-state index contributed by atoms with van der Waals surface area (Å²) in [6.45, 7) is 0. The molecule has 2 atom stereocenters. The average Bonchev–Trinajstić information content (AvgIpc) is 3.08. The van der Waals surface area contributed by atoms with Crippen LogP contribution in [-0.4, -0.2) is 11.8 Å². The highest BCUT2D eigenvalue weighted by atomic mass is 16.5. The second-order valence-electron chi connectivity index (χ2n) is 7.41. The van der Waals surface area contributed by atoms with Gasteiger partial charge in [-0.25, -0.2) is 0 Å². The molecule has 0 saturated carbocycles. The molecular weight excluding hydrogens is 376 g/mol. The molecular formula is C26H17O4-. The number of hydrogen-bond acceptors (Lipinski definition) is 4. The normalized spacial score (nSPS) is 23.3. The smallest absolute Gasteiger partial charge is 0.330 e. The summed E-state index contributed by atoms with van der Waals surface area (Å²) in [5, 5.41) is 13.2. The fraction of sp³-hybridized carbons (Fsp3) is 0.0769. The van der Waals surface area contributed by atoms with Crippen molar-refractivity contribution in [2.24, 2.45) is 5.41 Å². The Balaban J connectivity index is 1.79. The minimum Gasteiger partial charge on any atom is -0.872 e. The zero-order chi connectivity index (χ0) is 20.7. The Bertz CT molecular complexity index is 1210. The monoisotopic (exact) mass is 393 g/mol. The number of esters is 1. The molecule has 0 saturated heterocycles. The number of carbonyl (C=O) groups excluding carboxylic acids is 2. The van der Waals surface area contributed by atoms with Gasteiger partial charge in [0.05, 0.1) is 0 Å². The molecule has 3 aromatic rings. The average molecular weight is 393 g/mol. The Morgan fingerprint density at radius 3 is 2.27 bits per heavy atom. The van der Waals surface area contributed by atoms with Crippen LogP contribution >= 0.6 is 0 Å². The van der Waals surface area contributed by atoms with Crippen LogP contribution in [0.1, 0.15) is 27.4 Å². The molecule has 0 N–H and O–H groups in total. The van der Waals surface area contributed by atoms with Crippen LogP contribution in [0.4, 0.5) is 0 Å². The highest BCUT2D eigenvalue weighted by Crippen LogP contribution is 2.57. The van der Waals surface area contributed by atoms with E-state index in [-0.39, 0.29) is 11.3 Å². The second-order valence-corrected chi connectivity index (χ2v) is 7.41. The van der Waals surface area contributed by atoms with Crippen molar-refractivity contribution in [1.29, 1.82) is 0 Å². The quantitative estimate of drug-likeness (QED) is 0.293. The van der Waals surface area contributed by atoms with Crippen molar-refractivity contribution in [3.8, 4) is 5.75 Å². The Kier molecular flexibility index (Phi) is 4.14. The van der Waals surface area contributed by atoms with Gasteiger partial charge in [-0.3, -0.25) is 9.59 Å². The summed E-state index contributed by atoms with van der Waals surface area (Å²) in [7, 11) is 0. The molecule has 30 heavy (non-hydrogen) atoms. The van der Waals surface area contributed by atoms with E-state index in [1.165, 1.54) is 6.08 Å². The molecule has 0 amide bonds. The topological polar surface area (TPSA) is 66.4 Å². The van der Waals surface area contributed by atoms with E-state index in [9.17, 15) is 14.7 Å². The van der Waals surface area contributed by atoms with Gasteiger partial charge in [-0.1, -0.05) is 91.0 Å².